The summed E-state index contributed by atoms with van der Waals surface area (Å²) in [5.41, 5.74) is 7.61. The molecule has 0 saturated heterocycles. The zero-order chi connectivity index (χ0) is 23.3. The van der Waals surface area contributed by atoms with Gasteiger partial charge in [0.2, 0.25) is 5.91 Å². The van der Waals surface area contributed by atoms with E-state index < -0.39 is 5.91 Å². The van der Waals surface area contributed by atoms with Crippen LogP contribution in [-0.4, -0.2) is 21.9 Å². The Morgan fingerprint density at radius 2 is 1.81 bits per heavy atom. The highest BCUT2D eigenvalue weighted by molar-refractivity contribution is 5.92. The molecular formula is C25H27N3O4. The van der Waals surface area contributed by atoms with Crippen LogP contribution in [0.1, 0.15) is 48.8 Å². The molecule has 2 aromatic carbocycles. The van der Waals surface area contributed by atoms with E-state index in [2.05, 4.69) is 31.1 Å². The number of carbonyl (C=O) groups excluding carboxylic acids is 2. The molecule has 2 amide bonds. The van der Waals surface area contributed by atoms with Crippen molar-refractivity contribution in [3.8, 4) is 17.2 Å². The summed E-state index contributed by atoms with van der Waals surface area (Å²) >= 11 is 0. The molecule has 1 aromatic heterocycles. The first-order chi connectivity index (χ1) is 15.1. The molecule has 32 heavy (non-hydrogen) atoms. The number of carbonyl (C=O) groups is 2. The van der Waals surface area contributed by atoms with Gasteiger partial charge in [-0.2, -0.15) is 0 Å². The fourth-order valence-corrected chi connectivity index (χ4v) is 3.08. The maximum atomic E-state index is 12.5. The minimum atomic E-state index is -0.630. The van der Waals surface area contributed by atoms with Crippen molar-refractivity contribution in [1.82, 2.24) is 4.98 Å². The summed E-state index contributed by atoms with van der Waals surface area (Å²) in [5, 5.41) is 12.9. The molecule has 3 aromatic rings. The number of hydrogen-bond donors (Lipinski definition) is 3. The van der Waals surface area contributed by atoms with Gasteiger partial charge < -0.3 is 20.9 Å². The molecule has 3 rings (SSSR count). The van der Waals surface area contributed by atoms with Gasteiger partial charge in [0.1, 0.15) is 22.9 Å². The second-order valence-corrected chi connectivity index (χ2v) is 8.52. The largest absolute Gasteiger partial charge is 0.506 e. The van der Waals surface area contributed by atoms with E-state index in [9.17, 15) is 14.7 Å². The highest BCUT2D eigenvalue weighted by atomic mass is 16.5. The lowest BCUT2D eigenvalue weighted by Gasteiger charge is -2.20. The van der Waals surface area contributed by atoms with Crippen molar-refractivity contribution in [2.75, 3.05) is 5.32 Å². The number of benzene rings is 2. The van der Waals surface area contributed by atoms with Crippen molar-refractivity contribution in [3.05, 3.63) is 77.6 Å². The number of pyridine rings is 1. The zero-order valence-corrected chi connectivity index (χ0v) is 18.4. The number of hydrogen-bond acceptors (Lipinski definition) is 5. The number of phenolic OH excluding ortho intramolecular Hbond substituents is 1. The molecule has 0 bridgehead atoms. The maximum absolute atomic E-state index is 12.5. The van der Waals surface area contributed by atoms with E-state index in [-0.39, 0.29) is 29.2 Å². The number of phenols is 1. The van der Waals surface area contributed by atoms with Crippen LogP contribution in [0.15, 0.2) is 60.8 Å². The lowest BCUT2D eigenvalue weighted by Crippen LogP contribution is -2.15. The van der Waals surface area contributed by atoms with Crippen molar-refractivity contribution in [2.45, 2.75) is 39.0 Å². The molecule has 1 heterocycles. The van der Waals surface area contributed by atoms with Gasteiger partial charge in [0.15, 0.2) is 0 Å². The molecule has 0 aliphatic carbocycles. The van der Waals surface area contributed by atoms with Gasteiger partial charge in [-0.25, -0.2) is 0 Å². The minimum absolute atomic E-state index is 0.0365. The van der Waals surface area contributed by atoms with Crippen LogP contribution in [0, 0.1) is 0 Å². The lowest BCUT2D eigenvalue weighted by atomic mass is 9.87. The van der Waals surface area contributed by atoms with Crippen LogP contribution < -0.4 is 15.8 Å². The van der Waals surface area contributed by atoms with Gasteiger partial charge >= 0.3 is 0 Å². The zero-order valence-electron chi connectivity index (χ0n) is 18.4. The van der Waals surface area contributed by atoms with Crippen LogP contribution >= 0.6 is 0 Å². The van der Waals surface area contributed by atoms with Crippen molar-refractivity contribution in [2.24, 2.45) is 5.73 Å². The van der Waals surface area contributed by atoms with Crippen LogP contribution in [0.5, 0.6) is 17.2 Å². The monoisotopic (exact) mass is 433 g/mol. The Labute approximate surface area is 187 Å². The molecule has 7 heteroatoms. The molecule has 0 aliphatic heterocycles. The molecule has 0 radical (unpaired) electrons. The number of aromatic nitrogens is 1. The second-order valence-electron chi connectivity index (χ2n) is 8.52. The van der Waals surface area contributed by atoms with Gasteiger partial charge in [0.05, 0.1) is 5.69 Å². The average molecular weight is 434 g/mol. The number of nitrogens with one attached hydrogen (secondary N) is 1. The molecule has 4 N–H and O–H groups in total. The van der Waals surface area contributed by atoms with Crippen LogP contribution in [0.3, 0.4) is 0 Å². The molecule has 166 valence electrons. The maximum Gasteiger partial charge on any atom is 0.267 e. The van der Waals surface area contributed by atoms with Crippen molar-refractivity contribution in [1.29, 1.82) is 0 Å². The number of rotatable bonds is 7. The number of primary amides is 1. The van der Waals surface area contributed by atoms with Crippen molar-refractivity contribution >= 4 is 17.5 Å². The summed E-state index contributed by atoms with van der Waals surface area (Å²) in [6.45, 7) is 6.21. The third kappa shape index (κ3) is 6.07. The topological polar surface area (TPSA) is 115 Å². The average Bonchev–Trinajstić information content (AvgIpc) is 2.73. The standard InChI is InChI=1S/C25H27N3O4/c1-25(2,3)17-8-9-22(29)20(14-17)28-23(30)10-7-16-5-4-6-18(13-16)32-19-11-12-27-21(15-19)24(26)31/h4-6,8-9,11-15,29H,7,10H2,1-3H3,(H2,26,31)(H,28,30). The smallest absolute Gasteiger partial charge is 0.267 e. The summed E-state index contributed by atoms with van der Waals surface area (Å²) in [4.78, 5) is 27.6. The molecule has 0 fully saturated rings. The highest BCUT2D eigenvalue weighted by Crippen LogP contribution is 2.31. The first-order valence-corrected chi connectivity index (χ1v) is 10.3. The van der Waals surface area contributed by atoms with Crippen LogP contribution in [0.25, 0.3) is 0 Å². The van der Waals surface area contributed by atoms with Crippen molar-refractivity contribution in [3.63, 3.8) is 0 Å². The number of nitrogens with two attached hydrogens (primary N) is 1. The number of nitrogens with zero attached hydrogens (tertiary/aromatic N) is 1. The lowest BCUT2D eigenvalue weighted by molar-refractivity contribution is -0.116. The number of ether oxygens (including phenoxy) is 1. The third-order valence-corrected chi connectivity index (χ3v) is 4.90. The first kappa shape index (κ1) is 22.8. The van der Waals surface area contributed by atoms with Gasteiger partial charge in [0, 0.05) is 18.7 Å². The second kappa shape index (κ2) is 9.51. The molecular weight excluding hydrogens is 406 g/mol. The molecule has 0 atom stereocenters. The molecule has 7 nitrogen and oxygen atoms in total. The number of anilines is 1. The summed E-state index contributed by atoms with van der Waals surface area (Å²) in [5.74, 6) is 0.222. The molecule has 0 spiro atoms. The molecule has 0 unspecified atom stereocenters. The van der Waals surface area contributed by atoms with Gasteiger partial charge in [0.25, 0.3) is 5.91 Å². The molecule has 0 aliphatic rings. The fourth-order valence-electron chi connectivity index (χ4n) is 3.08. The fraction of sp³-hybridized carbons (Fsp3) is 0.240. The minimum Gasteiger partial charge on any atom is -0.506 e. The third-order valence-electron chi connectivity index (χ3n) is 4.90. The number of aryl methyl sites for hydroxylation is 1. The van der Waals surface area contributed by atoms with Crippen LogP contribution in [0.4, 0.5) is 5.69 Å². The predicted molar refractivity (Wildman–Crippen MR) is 123 cm³/mol. The van der Waals surface area contributed by atoms with Crippen LogP contribution in [0.2, 0.25) is 0 Å². The summed E-state index contributed by atoms with van der Waals surface area (Å²) in [6.07, 6.45) is 2.18. The number of aromatic hydroxyl groups is 1. The van der Waals surface area contributed by atoms with Gasteiger partial charge in [-0.15, -0.1) is 0 Å². The van der Waals surface area contributed by atoms with E-state index in [1.165, 1.54) is 12.3 Å². The Morgan fingerprint density at radius 3 is 2.53 bits per heavy atom. The summed E-state index contributed by atoms with van der Waals surface area (Å²) < 4.78 is 5.79. The summed E-state index contributed by atoms with van der Waals surface area (Å²) in [7, 11) is 0. The Balaban J connectivity index is 1.62. The first-order valence-electron chi connectivity index (χ1n) is 10.3. The quantitative estimate of drug-likeness (QED) is 0.473. The van der Waals surface area contributed by atoms with E-state index in [4.69, 9.17) is 10.5 Å². The normalized spacial score (nSPS) is 11.1. The van der Waals surface area contributed by atoms with Gasteiger partial charge in [-0.3, -0.25) is 14.6 Å². The Morgan fingerprint density at radius 1 is 1.06 bits per heavy atom. The molecule has 0 saturated carbocycles. The van der Waals surface area contributed by atoms with E-state index in [1.807, 2.05) is 24.3 Å². The summed E-state index contributed by atoms with van der Waals surface area (Å²) in [6, 6.07) is 15.7. The van der Waals surface area contributed by atoms with E-state index in [0.29, 0.717) is 23.6 Å². The van der Waals surface area contributed by atoms with Gasteiger partial charge in [-0.05, 0) is 53.3 Å². The SMILES string of the molecule is CC(C)(C)c1ccc(O)c(NC(=O)CCc2cccc(Oc3ccnc(C(N)=O)c3)c2)c1. The van der Waals surface area contributed by atoms with E-state index in [0.717, 1.165) is 11.1 Å². The Kier molecular flexibility index (Phi) is 6.78. The Hall–Kier alpha value is -3.87. The van der Waals surface area contributed by atoms with E-state index >= 15 is 0 Å². The predicted octanol–water partition coefficient (Wildman–Crippen LogP) is 4.55. The van der Waals surface area contributed by atoms with Crippen LogP contribution in [-0.2, 0) is 16.6 Å². The Bertz CT molecular complexity index is 1140. The van der Waals surface area contributed by atoms with Gasteiger partial charge in [-0.1, -0.05) is 39.0 Å². The highest BCUT2D eigenvalue weighted by Gasteiger charge is 2.16. The van der Waals surface area contributed by atoms with E-state index in [1.54, 1.807) is 24.3 Å². The van der Waals surface area contributed by atoms with Crippen molar-refractivity contribution < 1.29 is 19.4 Å². The number of amides is 2.